The highest BCUT2D eigenvalue weighted by atomic mass is 16.5. The second-order valence-electron chi connectivity index (χ2n) is 6.36. The van der Waals surface area contributed by atoms with Gasteiger partial charge < -0.3 is 15.0 Å². The van der Waals surface area contributed by atoms with Crippen molar-refractivity contribution in [1.29, 1.82) is 0 Å². The minimum atomic E-state index is 0.805. The van der Waals surface area contributed by atoms with Crippen LogP contribution in [0.3, 0.4) is 0 Å². The molecule has 0 amide bonds. The van der Waals surface area contributed by atoms with Crippen molar-refractivity contribution < 1.29 is 4.74 Å². The lowest BCUT2D eigenvalue weighted by Gasteiger charge is -2.25. The van der Waals surface area contributed by atoms with Crippen LogP contribution >= 0.6 is 0 Å². The van der Waals surface area contributed by atoms with E-state index in [4.69, 9.17) is 4.74 Å². The number of unbranched alkanes of at least 4 members (excludes halogenated alkanes) is 1. The SMILES string of the molecule is CCCCOCCNCCN1CCC2CCC(C1)N2C. The minimum Gasteiger partial charge on any atom is -0.380 e. The summed E-state index contributed by atoms with van der Waals surface area (Å²) in [4.78, 5) is 5.26. The molecule has 1 N–H and O–H groups in total. The molecule has 0 saturated carbocycles. The number of hydrogen-bond acceptors (Lipinski definition) is 4. The summed E-state index contributed by atoms with van der Waals surface area (Å²) in [5.74, 6) is 0. The highest BCUT2D eigenvalue weighted by Gasteiger charge is 2.34. The quantitative estimate of drug-likeness (QED) is 0.650. The maximum atomic E-state index is 5.56. The Kier molecular flexibility index (Phi) is 7.28. The third kappa shape index (κ3) is 4.99. The standard InChI is InChI=1S/C16H33N3O/c1-3-4-12-20-13-9-17-8-11-19-10-7-15-5-6-16(14-19)18(15)2/h15-17H,3-14H2,1-2H3. The van der Waals surface area contributed by atoms with Crippen LogP contribution in [0.4, 0.5) is 0 Å². The Balaban J connectivity index is 1.50. The van der Waals surface area contributed by atoms with Crippen molar-refractivity contribution in [3.8, 4) is 0 Å². The monoisotopic (exact) mass is 283 g/mol. The summed E-state index contributed by atoms with van der Waals surface area (Å²) in [5.41, 5.74) is 0. The average molecular weight is 283 g/mol. The van der Waals surface area contributed by atoms with Crippen molar-refractivity contribution in [2.24, 2.45) is 0 Å². The van der Waals surface area contributed by atoms with Crippen LogP contribution < -0.4 is 5.32 Å². The summed E-state index contributed by atoms with van der Waals surface area (Å²) in [6, 6.07) is 1.66. The van der Waals surface area contributed by atoms with Crippen LogP contribution in [-0.2, 0) is 4.74 Å². The smallest absolute Gasteiger partial charge is 0.0590 e. The molecule has 2 fully saturated rings. The number of ether oxygens (including phenoxy) is 1. The number of likely N-dealkylation sites (tertiary alicyclic amines) is 1. The molecule has 2 saturated heterocycles. The normalized spacial score (nSPS) is 27.9. The van der Waals surface area contributed by atoms with E-state index < -0.39 is 0 Å². The minimum absolute atomic E-state index is 0.805. The van der Waals surface area contributed by atoms with Crippen LogP contribution in [-0.4, -0.2) is 74.9 Å². The van der Waals surface area contributed by atoms with Gasteiger partial charge in [-0.1, -0.05) is 13.3 Å². The van der Waals surface area contributed by atoms with Crippen LogP contribution in [0.15, 0.2) is 0 Å². The topological polar surface area (TPSA) is 27.7 Å². The molecular weight excluding hydrogens is 250 g/mol. The Morgan fingerprint density at radius 2 is 1.95 bits per heavy atom. The predicted octanol–water partition coefficient (Wildman–Crippen LogP) is 1.56. The lowest BCUT2D eigenvalue weighted by atomic mass is 10.1. The molecule has 2 unspecified atom stereocenters. The van der Waals surface area contributed by atoms with E-state index in [0.29, 0.717) is 0 Å². The Bertz CT molecular complexity index is 262. The zero-order valence-electron chi connectivity index (χ0n) is 13.4. The Hall–Kier alpha value is -0.160. The van der Waals surface area contributed by atoms with Crippen LogP contribution in [0.25, 0.3) is 0 Å². The van der Waals surface area contributed by atoms with Gasteiger partial charge in [0, 0.05) is 44.9 Å². The molecule has 118 valence electrons. The fourth-order valence-electron chi connectivity index (χ4n) is 3.44. The summed E-state index contributed by atoms with van der Waals surface area (Å²) in [7, 11) is 2.32. The molecule has 2 bridgehead atoms. The molecule has 0 aromatic carbocycles. The number of nitrogens with one attached hydrogen (secondary N) is 1. The van der Waals surface area contributed by atoms with E-state index in [-0.39, 0.29) is 0 Å². The van der Waals surface area contributed by atoms with Gasteiger partial charge in [-0.25, -0.2) is 0 Å². The van der Waals surface area contributed by atoms with Crippen molar-refractivity contribution in [3.63, 3.8) is 0 Å². The third-order valence-electron chi connectivity index (χ3n) is 4.90. The lowest BCUT2D eigenvalue weighted by Crippen LogP contribution is -2.39. The maximum Gasteiger partial charge on any atom is 0.0590 e. The van der Waals surface area contributed by atoms with Gasteiger partial charge in [0.25, 0.3) is 0 Å². The third-order valence-corrected chi connectivity index (χ3v) is 4.90. The van der Waals surface area contributed by atoms with Gasteiger partial charge in [0.2, 0.25) is 0 Å². The Labute approximate surface area is 124 Å². The summed E-state index contributed by atoms with van der Waals surface area (Å²) in [5, 5.41) is 3.51. The summed E-state index contributed by atoms with van der Waals surface area (Å²) in [6.45, 7) is 9.79. The van der Waals surface area contributed by atoms with Gasteiger partial charge in [0.15, 0.2) is 0 Å². The molecule has 4 heteroatoms. The van der Waals surface area contributed by atoms with E-state index in [0.717, 1.165) is 38.4 Å². The van der Waals surface area contributed by atoms with Gasteiger partial charge in [-0.15, -0.1) is 0 Å². The summed E-state index contributed by atoms with van der Waals surface area (Å²) >= 11 is 0. The van der Waals surface area contributed by atoms with Crippen LogP contribution in [0.5, 0.6) is 0 Å². The summed E-state index contributed by atoms with van der Waals surface area (Å²) < 4.78 is 5.56. The first-order valence-corrected chi connectivity index (χ1v) is 8.54. The van der Waals surface area contributed by atoms with E-state index in [1.165, 1.54) is 51.7 Å². The lowest BCUT2D eigenvalue weighted by molar-refractivity contribution is 0.132. The van der Waals surface area contributed by atoms with Gasteiger partial charge in [0.1, 0.15) is 0 Å². The van der Waals surface area contributed by atoms with Crippen molar-refractivity contribution in [2.45, 2.75) is 51.1 Å². The van der Waals surface area contributed by atoms with Crippen LogP contribution in [0.2, 0.25) is 0 Å². The second-order valence-corrected chi connectivity index (χ2v) is 6.36. The Morgan fingerprint density at radius 1 is 1.10 bits per heavy atom. The van der Waals surface area contributed by atoms with Gasteiger partial charge in [0.05, 0.1) is 6.61 Å². The zero-order chi connectivity index (χ0) is 14.2. The van der Waals surface area contributed by atoms with Crippen molar-refractivity contribution >= 4 is 0 Å². The Morgan fingerprint density at radius 3 is 2.80 bits per heavy atom. The van der Waals surface area contributed by atoms with Gasteiger partial charge in [-0.05, 0) is 39.3 Å². The molecule has 2 atom stereocenters. The highest BCUT2D eigenvalue weighted by molar-refractivity contribution is 4.90. The fraction of sp³-hybridized carbons (Fsp3) is 1.00. The molecule has 0 spiro atoms. The first-order chi connectivity index (χ1) is 9.81. The number of nitrogens with zero attached hydrogens (tertiary/aromatic N) is 2. The van der Waals surface area contributed by atoms with Crippen LogP contribution in [0.1, 0.15) is 39.0 Å². The molecule has 0 aromatic heterocycles. The largest absolute Gasteiger partial charge is 0.380 e. The molecule has 2 rings (SSSR count). The second kappa shape index (κ2) is 8.98. The molecule has 0 radical (unpaired) electrons. The molecule has 0 aliphatic carbocycles. The van der Waals surface area contributed by atoms with Crippen molar-refractivity contribution in [1.82, 2.24) is 15.1 Å². The van der Waals surface area contributed by atoms with Gasteiger partial charge in [-0.3, -0.25) is 4.90 Å². The fourth-order valence-corrected chi connectivity index (χ4v) is 3.44. The van der Waals surface area contributed by atoms with E-state index in [9.17, 15) is 0 Å². The number of hydrogen-bond donors (Lipinski definition) is 1. The van der Waals surface area contributed by atoms with Crippen molar-refractivity contribution in [2.75, 3.05) is 53.0 Å². The predicted molar refractivity (Wildman–Crippen MR) is 84.2 cm³/mol. The van der Waals surface area contributed by atoms with E-state index in [2.05, 4.69) is 29.1 Å². The van der Waals surface area contributed by atoms with Crippen LogP contribution in [0, 0.1) is 0 Å². The molecule has 2 heterocycles. The first-order valence-electron chi connectivity index (χ1n) is 8.54. The molecule has 20 heavy (non-hydrogen) atoms. The maximum absolute atomic E-state index is 5.56. The van der Waals surface area contributed by atoms with E-state index in [1.807, 2.05) is 0 Å². The van der Waals surface area contributed by atoms with Gasteiger partial charge >= 0.3 is 0 Å². The average Bonchev–Trinajstić information content (AvgIpc) is 2.69. The summed E-state index contributed by atoms with van der Waals surface area (Å²) in [6.07, 6.45) is 6.58. The van der Waals surface area contributed by atoms with Crippen molar-refractivity contribution in [3.05, 3.63) is 0 Å². The first kappa shape index (κ1) is 16.2. The van der Waals surface area contributed by atoms with E-state index >= 15 is 0 Å². The van der Waals surface area contributed by atoms with E-state index in [1.54, 1.807) is 0 Å². The number of rotatable bonds is 9. The number of fused-ring (bicyclic) bond motifs is 2. The van der Waals surface area contributed by atoms with Gasteiger partial charge in [-0.2, -0.15) is 0 Å². The molecule has 4 nitrogen and oxygen atoms in total. The highest BCUT2D eigenvalue weighted by Crippen LogP contribution is 2.28. The molecule has 2 aliphatic heterocycles. The zero-order valence-corrected chi connectivity index (χ0v) is 13.4. The number of likely N-dealkylation sites (N-methyl/N-ethyl adjacent to an activating group) is 1. The molecule has 2 aliphatic rings. The molecule has 0 aromatic rings. The molecular formula is C16H33N3O.